The van der Waals surface area contributed by atoms with Gasteiger partial charge in [-0.25, -0.2) is 0 Å². The van der Waals surface area contributed by atoms with Crippen LogP contribution in [0.15, 0.2) is 42.5 Å². The molecule has 1 aliphatic heterocycles. The second kappa shape index (κ2) is 7.84. The smallest absolute Gasteiger partial charge is 0.258 e. The van der Waals surface area contributed by atoms with Gasteiger partial charge in [-0.2, -0.15) is 0 Å². The second-order valence-corrected chi connectivity index (χ2v) is 7.25. The summed E-state index contributed by atoms with van der Waals surface area (Å²) in [5.74, 6) is -0.334. The fourth-order valence-electron chi connectivity index (χ4n) is 3.65. The Kier molecular flexibility index (Phi) is 5.10. The van der Waals surface area contributed by atoms with Crippen LogP contribution in [0.25, 0.3) is 0 Å². The molecule has 0 spiro atoms. The second-order valence-electron chi connectivity index (χ2n) is 7.25. The van der Waals surface area contributed by atoms with Gasteiger partial charge < -0.3 is 10.1 Å². The van der Waals surface area contributed by atoms with E-state index in [0.717, 1.165) is 24.2 Å². The Morgan fingerprint density at radius 1 is 0.964 bits per heavy atom. The summed E-state index contributed by atoms with van der Waals surface area (Å²) in [5, 5.41) is 5.06. The molecule has 0 atom stereocenters. The predicted octanol–water partition coefficient (Wildman–Crippen LogP) is 3.21. The van der Waals surface area contributed by atoms with E-state index in [2.05, 4.69) is 10.6 Å². The first-order chi connectivity index (χ1) is 13.6. The van der Waals surface area contributed by atoms with Crippen LogP contribution in [0.1, 0.15) is 68.7 Å². The van der Waals surface area contributed by atoms with Gasteiger partial charge in [0, 0.05) is 12.1 Å². The first kappa shape index (κ1) is 18.2. The average molecular weight is 378 g/mol. The molecule has 0 aromatic heterocycles. The third kappa shape index (κ3) is 3.91. The van der Waals surface area contributed by atoms with Crippen molar-refractivity contribution in [2.24, 2.45) is 0 Å². The number of imide groups is 1. The lowest BCUT2D eigenvalue weighted by atomic mass is 9.98. The molecule has 0 unspecified atom stereocenters. The van der Waals surface area contributed by atoms with E-state index in [9.17, 15) is 14.4 Å². The zero-order valence-electron chi connectivity index (χ0n) is 15.5. The van der Waals surface area contributed by atoms with Crippen molar-refractivity contribution in [3.8, 4) is 5.75 Å². The summed E-state index contributed by atoms with van der Waals surface area (Å²) in [4.78, 5) is 35.7. The molecule has 1 fully saturated rings. The van der Waals surface area contributed by atoms with Crippen molar-refractivity contribution in [1.82, 2.24) is 10.6 Å². The Bertz CT molecular complexity index is 915. The third-order valence-electron chi connectivity index (χ3n) is 5.23. The first-order valence-electron chi connectivity index (χ1n) is 9.64. The van der Waals surface area contributed by atoms with Crippen molar-refractivity contribution in [2.75, 3.05) is 0 Å². The highest BCUT2D eigenvalue weighted by Crippen LogP contribution is 2.23. The highest BCUT2D eigenvalue weighted by atomic mass is 16.5. The van der Waals surface area contributed by atoms with E-state index in [1.54, 1.807) is 6.07 Å². The molecular weight excluding hydrogens is 356 g/mol. The molecule has 0 bridgehead atoms. The minimum atomic E-state index is -0.469. The molecule has 2 N–H and O–H groups in total. The summed E-state index contributed by atoms with van der Waals surface area (Å²) >= 11 is 0. The monoisotopic (exact) mass is 378 g/mol. The van der Waals surface area contributed by atoms with Gasteiger partial charge in [0.15, 0.2) is 0 Å². The summed E-state index contributed by atoms with van der Waals surface area (Å²) in [5.41, 5.74) is 1.84. The Hall–Kier alpha value is -3.15. The van der Waals surface area contributed by atoms with E-state index in [0.29, 0.717) is 23.8 Å². The van der Waals surface area contributed by atoms with Crippen LogP contribution in [0.5, 0.6) is 5.75 Å². The fourth-order valence-corrected chi connectivity index (χ4v) is 3.65. The number of carbonyl (C=O) groups excluding carboxylic acids is 3. The molecule has 2 aliphatic rings. The van der Waals surface area contributed by atoms with Gasteiger partial charge in [0.25, 0.3) is 17.7 Å². The van der Waals surface area contributed by atoms with Gasteiger partial charge in [-0.15, -0.1) is 0 Å². The lowest BCUT2D eigenvalue weighted by molar-refractivity contribution is 0.0878. The van der Waals surface area contributed by atoms with Crippen LogP contribution in [0.3, 0.4) is 0 Å². The first-order valence-corrected chi connectivity index (χ1v) is 9.64. The SMILES string of the molecule is O=C(NCc1ccc(OC2CCCCC2)cc1)c1ccc2c(c1)C(=O)NC2=O. The van der Waals surface area contributed by atoms with E-state index in [1.165, 1.54) is 31.4 Å². The lowest BCUT2D eigenvalue weighted by Crippen LogP contribution is -2.23. The number of rotatable bonds is 5. The van der Waals surface area contributed by atoms with Crippen molar-refractivity contribution in [3.63, 3.8) is 0 Å². The number of benzene rings is 2. The summed E-state index contributed by atoms with van der Waals surface area (Å²) < 4.78 is 6.01. The molecule has 0 radical (unpaired) electrons. The largest absolute Gasteiger partial charge is 0.490 e. The van der Waals surface area contributed by atoms with E-state index >= 15 is 0 Å². The number of hydrogen-bond acceptors (Lipinski definition) is 4. The standard InChI is InChI=1S/C22H22N2O4/c25-20(15-8-11-18-19(12-15)22(27)24-21(18)26)23-13-14-6-9-17(10-7-14)28-16-4-2-1-3-5-16/h6-12,16H,1-5,13H2,(H,23,25)(H,24,26,27). The third-order valence-corrected chi connectivity index (χ3v) is 5.23. The normalized spacial score (nSPS) is 16.4. The summed E-state index contributed by atoms with van der Waals surface area (Å²) in [7, 11) is 0. The Balaban J connectivity index is 1.34. The number of amides is 3. The average Bonchev–Trinajstić information content (AvgIpc) is 3.01. The number of fused-ring (bicyclic) bond motifs is 1. The number of carbonyl (C=O) groups is 3. The maximum atomic E-state index is 12.4. The van der Waals surface area contributed by atoms with Gasteiger partial charge in [0.1, 0.15) is 5.75 Å². The van der Waals surface area contributed by atoms with Crippen LogP contribution in [-0.2, 0) is 6.54 Å². The molecule has 144 valence electrons. The maximum absolute atomic E-state index is 12.4. The van der Waals surface area contributed by atoms with Gasteiger partial charge >= 0.3 is 0 Å². The van der Waals surface area contributed by atoms with Crippen LogP contribution in [-0.4, -0.2) is 23.8 Å². The van der Waals surface area contributed by atoms with Gasteiger partial charge in [-0.1, -0.05) is 18.6 Å². The Labute approximate surface area is 163 Å². The molecule has 4 rings (SSSR count). The molecule has 0 saturated heterocycles. The van der Waals surface area contributed by atoms with Crippen LogP contribution in [0.2, 0.25) is 0 Å². The van der Waals surface area contributed by atoms with Gasteiger partial charge in [-0.3, -0.25) is 19.7 Å². The van der Waals surface area contributed by atoms with Crippen LogP contribution >= 0.6 is 0 Å². The molecule has 1 heterocycles. The van der Waals surface area contributed by atoms with E-state index in [-0.39, 0.29) is 11.5 Å². The summed E-state index contributed by atoms with van der Waals surface area (Å²) in [6, 6.07) is 12.2. The molecule has 2 aromatic carbocycles. The lowest BCUT2D eigenvalue weighted by Gasteiger charge is -2.23. The molecule has 28 heavy (non-hydrogen) atoms. The van der Waals surface area contributed by atoms with E-state index < -0.39 is 11.8 Å². The highest BCUT2D eigenvalue weighted by Gasteiger charge is 2.27. The zero-order chi connectivity index (χ0) is 19.5. The molecule has 2 aromatic rings. The van der Waals surface area contributed by atoms with Gasteiger partial charge in [0.05, 0.1) is 17.2 Å². The van der Waals surface area contributed by atoms with Gasteiger partial charge in [0.2, 0.25) is 0 Å². The Morgan fingerprint density at radius 2 is 1.68 bits per heavy atom. The van der Waals surface area contributed by atoms with Crippen LogP contribution < -0.4 is 15.4 Å². The van der Waals surface area contributed by atoms with Crippen molar-refractivity contribution >= 4 is 17.7 Å². The van der Waals surface area contributed by atoms with Crippen molar-refractivity contribution < 1.29 is 19.1 Å². The van der Waals surface area contributed by atoms with Crippen molar-refractivity contribution in [1.29, 1.82) is 0 Å². The van der Waals surface area contributed by atoms with Crippen molar-refractivity contribution in [2.45, 2.75) is 44.8 Å². The number of hydrogen-bond donors (Lipinski definition) is 2. The topological polar surface area (TPSA) is 84.5 Å². The maximum Gasteiger partial charge on any atom is 0.258 e. The zero-order valence-corrected chi connectivity index (χ0v) is 15.5. The minimum absolute atomic E-state index is 0.238. The molecule has 3 amide bonds. The molecule has 6 nitrogen and oxygen atoms in total. The van der Waals surface area contributed by atoms with E-state index in [1.807, 2.05) is 24.3 Å². The quantitative estimate of drug-likeness (QED) is 0.783. The number of ether oxygens (including phenoxy) is 1. The summed E-state index contributed by atoms with van der Waals surface area (Å²) in [6.45, 7) is 0.366. The fraction of sp³-hybridized carbons (Fsp3) is 0.318. The van der Waals surface area contributed by atoms with Crippen LogP contribution in [0, 0.1) is 0 Å². The van der Waals surface area contributed by atoms with Crippen LogP contribution in [0.4, 0.5) is 0 Å². The highest BCUT2D eigenvalue weighted by molar-refractivity contribution is 6.22. The van der Waals surface area contributed by atoms with Crippen molar-refractivity contribution in [3.05, 3.63) is 64.7 Å². The Morgan fingerprint density at radius 3 is 2.43 bits per heavy atom. The van der Waals surface area contributed by atoms with Gasteiger partial charge in [-0.05, 0) is 61.6 Å². The predicted molar refractivity (Wildman–Crippen MR) is 103 cm³/mol. The minimum Gasteiger partial charge on any atom is -0.490 e. The molecular formula is C22H22N2O4. The molecule has 1 aliphatic carbocycles. The molecule has 6 heteroatoms. The molecule has 1 saturated carbocycles. The summed E-state index contributed by atoms with van der Waals surface area (Å²) in [6.07, 6.45) is 6.29. The number of nitrogens with one attached hydrogen (secondary N) is 2. The van der Waals surface area contributed by atoms with E-state index in [4.69, 9.17) is 4.74 Å².